The molecule has 4 aromatic rings. The first-order chi connectivity index (χ1) is 18.7. The molecule has 1 aliphatic heterocycles. The predicted octanol–water partition coefficient (Wildman–Crippen LogP) is 3.94. The van der Waals surface area contributed by atoms with Gasteiger partial charge in [-0.3, -0.25) is 14.4 Å². The van der Waals surface area contributed by atoms with Crippen LogP contribution in [0.3, 0.4) is 0 Å². The minimum absolute atomic E-state index is 0.0696. The summed E-state index contributed by atoms with van der Waals surface area (Å²) in [5, 5.41) is 18.1. The Bertz CT molecular complexity index is 1550. The first-order valence-electron chi connectivity index (χ1n) is 11.8. The molecule has 2 amide bonds. The lowest BCUT2D eigenvalue weighted by atomic mass is 9.98. The fourth-order valence-corrected chi connectivity index (χ4v) is 4.21. The number of rotatable bonds is 6. The Morgan fingerprint density at radius 2 is 1.82 bits per heavy atom. The molecule has 0 saturated carbocycles. The Hall–Kier alpha value is -4.54. The Morgan fingerprint density at radius 1 is 1.03 bits per heavy atom. The van der Waals surface area contributed by atoms with Crippen molar-refractivity contribution >= 4 is 46.6 Å². The minimum atomic E-state index is -1.71. The maximum Gasteiger partial charge on any atom is 0.347 e. The number of carboxylic acid groups (broad SMARTS) is 1. The molecule has 39 heavy (non-hydrogen) atoms. The first kappa shape index (κ1) is 27.5. The van der Waals surface area contributed by atoms with Gasteiger partial charge in [0, 0.05) is 23.1 Å². The highest BCUT2D eigenvalue weighted by molar-refractivity contribution is 6.34. The van der Waals surface area contributed by atoms with E-state index in [0.29, 0.717) is 18.5 Å². The second-order valence-electron chi connectivity index (χ2n) is 8.59. The van der Waals surface area contributed by atoms with Gasteiger partial charge in [0.2, 0.25) is 6.17 Å². The zero-order chi connectivity index (χ0) is 27.9. The summed E-state index contributed by atoms with van der Waals surface area (Å²) in [6.07, 6.45) is 1.42. The average Bonchev–Trinajstić information content (AvgIpc) is 3.40. The number of halogens is 2. The number of hydrogen-bond acceptors (Lipinski definition) is 6. The molecule has 0 aliphatic carbocycles. The third-order valence-corrected chi connectivity index (χ3v) is 6.23. The molecule has 4 N–H and O–H groups in total. The number of aldehydes is 1. The van der Waals surface area contributed by atoms with Crippen molar-refractivity contribution in [1.82, 2.24) is 16.0 Å². The summed E-state index contributed by atoms with van der Waals surface area (Å²) in [5.41, 5.74) is 3.38. The van der Waals surface area contributed by atoms with Gasteiger partial charge < -0.3 is 25.5 Å². The number of amides is 2. The molecule has 1 aliphatic rings. The van der Waals surface area contributed by atoms with Crippen molar-refractivity contribution in [2.45, 2.75) is 19.1 Å². The Labute approximate surface area is 226 Å². The van der Waals surface area contributed by atoms with E-state index in [1.54, 1.807) is 30.5 Å². The fraction of sp³-hybridized carbons (Fsp3) is 0.143. The van der Waals surface area contributed by atoms with Crippen molar-refractivity contribution in [1.29, 1.82) is 0 Å². The molecule has 200 valence electrons. The summed E-state index contributed by atoms with van der Waals surface area (Å²) in [6, 6.07) is 15.3. The van der Waals surface area contributed by atoms with Crippen molar-refractivity contribution in [3.63, 3.8) is 0 Å². The summed E-state index contributed by atoms with van der Waals surface area (Å²) in [4.78, 5) is 46.5. The van der Waals surface area contributed by atoms with E-state index < -0.39 is 29.8 Å². The van der Waals surface area contributed by atoms with Gasteiger partial charge in [-0.1, -0.05) is 29.8 Å². The number of carboxylic acids is 1. The quantitative estimate of drug-likeness (QED) is 0.210. The lowest BCUT2D eigenvalue weighted by molar-refractivity contribution is -0.139. The van der Waals surface area contributed by atoms with Crippen LogP contribution in [0.5, 0.6) is 0 Å². The first-order valence-corrected chi connectivity index (χ1v) is 12.2. The van der Waals surface area contributed by atoms with Crippen LogP contribution in [0, 0.1) is 5.82 Å². The average molecular weight is 552 g/mol. The predicted molar refractivity (Wildman–Crippen MR) is 141 cm³/mol. The number of nitrogens with one attached hydrogen (secondary N) is 3. The summed E-state index contributed by atoms with van der Waals surface area (Å²) in [6.45, 7) is 1.40. The van der Waals surface area contributed by atoms with Crippen molar-refractivity contribution in [3.8, 4) is 0 Å². The Kier molecular flexibility index (Phi) is 8.70. The van der Waals surface area contributed by atoms with Gasteiger partial charge in [0.1, 0.15) is 17.7 Å². The molecule has 0 fully saturated rings. The second-order valence-corrected chi connectivity index (χ2v) is 9.00. The molecule has 11 heteroatoms. The number of fused-ring (bicyclic) bond motifs is 2. The third-order valence-electron chi connectivity index (χ3n) is 5.92. The molecule has 0 spiro atoms. The largest absolute Gasteiger partial charge is 0.478 e. The van der Waals surface area contributed by atoms with E-state index in [1.165, 1.54) is 12.1 Å². The van der Waals surface area contributed by atoms with Crippen LogP contribution in [0.4, 0.5) is 4.39 Å². The number of aliphatic carboxylic acids is 1. The molecular weight excluding hydrogens is 529 g/mol. The second kappa shape index (κ2) is 12.3. The maximum absolute atomic E-state index is 13.3. The normalized spacial score (nSPS) is 12.9. The third kappa shape index (κ3) is 6.86. The lowest BCUT2D eigenvalue weighted by Gasteiger charge is -2.20. The highest BCUT2D eigenvalue weighted by Crippen LogP contribution is 2.24. The molecule has 0 bridgehead atoms. The van der Waals surface area contributed by atoms with Crippen LogP contribution in [0.2, 0.25) is 5.02 Å². The highest BCUT2D eigenvalue weighted by Gasteiger charge is 2.25. The zero-order valence-corrected chi connectivity index (χ0v) is 21.1. The van der Waals surface area contributed by atoms with Gasteiger partial charge in [0.25, 0.3) is 11.8 Å². The van der Waals surface area contributed by atoms with Gasteiger partial charge >= 0.3 is 5.97 Å². The van der Waals surface area contributed by atoms with Gasteiger partial charge in [0.15, 0.2) is 0 Å². The number of carbonyl (C=O) groups excluding carboxylic acids is 3. The standard InChI is InChI=1S/C19H17ClFN3O4.C9H6O2/c20-15-8-12-9-22-5-4-10(12)7-14(15)18(26)24-16(19(27)28)23-17(25)11-2-1-3-13(21)6-11;10-6-7-1-2-8-3-4-11-9(8)5-7/h1-3,6-8,16,22H,4-5,9H2,(H,23,25)(H,24,26)(H,27,28);1-6H. The zero-order valence-electron chi connectivity index (χ0n) is 20.4. The molecule has 3 aromatic carbocycles. The molecule has 0 radical (unpaired) electrons. The SMILES string of the molecule is O=C(NC(NC(=O)c1cc2c(cc1Cl)CNCC2)C(=O)O)c1cccc(F)c1.O=Cc1ccc2ccoc2c1. The van der Waals surface area contributed by atoms with Gasteiger partial charge in [-0.05, 0) is 66.6 Å². The Morgan fingerprint density at radius 3 is 2.56 bits per heavy atom. The van der Waals surface area contributed by atoms with E-state index in [4.69, 9.17) is 16.0 Å². The topological polar surface area (TPSA) is 138 Å². The Balaban J connectivity index is 0.000000265. The van der Waals surface area contributed by atoms with Crippen molar-refractivity contribution in [2.75, 3.05) is 6.54 Å². The summed E-state index contributed by atoms with van der Waals surface area (Å²) >= 11 is 6.17. The van der Waals surface area contributed by atoms with Crippen LogP contribution in [-0.2, 0) is 17.8 Å². The number of hydrogen-bond donors (Lipinski definition) is 4. The van der Waals surface area contributed by atoms with E-state index in [2.05, 4.69) is 16.0 Å². The summed E-state index contributed by atoms with van der Waals surface area (Å²) < 4.78 is 18.4. The van der Waals surface area contributed by atoms with Crippen LogP contribution in [0.15, 0.2) is 71.3 Å². The number of furan rings is 1. The fourth-order valence-electron chi connectivity index (χ4n) is 3.93. The van der Waals surface area contributed by atoms with Crippen molar-refractivity contribution in [3.05, 3.63) is 106 Å². The van der Waals surface area contributed by atoms with Crippen LogP contribution >= 0.6 is 11.6 Å². The van der Waals surface area contributed by atoms with E-state index >= 15 is 0 Å². The number of carbonyl (C=O) groups is 4. The van der Waals surface area contributed by atoms with Gasteiger partial charge in [-0.25, -0.2) is 9.18 Å². The molecule has 9 nitrogen and oxygen atoms in total. The monoisotopic (exact) mass is 551 g/mol. The van der Waals surface area contributed by atoms with E-state index in [9.17, 15) is 28.7 Å². The van der Waals surface area contributed by atoms with Gasteiger partial charge in [-0.2, -0.15) is 0 Å². The molecule has 0 saturated heterocycles. The van der Waals surface area contributed by atoms with Gasteiger partial charge in [-0.15, -0.1) is 0 Å². The number of benzene rings is 3. The van der Waals surface area contributed by atoms with Crippen LogP contribution < -0.4 is 16.0 Å². The van der Waals surface area contributed by atoms with E-state index in [1.807, 2.05) is 12.1 Å². The summed E-state index contributed by atoms with van der Waals surface area (Å²) in [5.74, 6) is -3.69. The van der Waals surface area contributed by atoms with Crippen molar-refractivity contribution in [2.24, 2.45) is 0 Å². The van der Waals surface area contributed by atoms with Crippen LogP contribution in [0.1, 0.15) is 42.2 Å². The van der Waals surface area contributed by atoms with Crippen molar-refractivity contribution < 1.29 is 33.1 Å². The molecule has 1 unspecified atom stereocenters. The highest BCUT2D eigenvalue weighted by atomic mass is 35.5. The maximum atomic E-state index is 13.3. The minimum Gasteiger partial charge on any atom is -0.478 e. The van der Waals surface area contributed by atoms with E-state index in [0.717, 1.165) is 47.1 Å². The van der Waals surface area contributed by atoms with Gasteiger partial charge in [0.05, 0.1) is 16.8 Å². The molecule has 1 atom stereocenters. The molecule has 2 heterocycles. The smallest absolute Gasteiger partial charge is 0.347 e. The van der Waals surface area contributed by atoms with Crippen LogP contribution in [0.25, 0.3) is 11.0 Å². The van der Waals surface area contributed by atoms with Crippen LogP contribution in [-0.4, -0.2) is 41.9 Å². The molecular formula is C28H23ClFN3O6. The lowest BCUT2D eigenvalue weighted by Crippen LogP contribution is -2.53. The summed E-state index contributed by atoms with van der Waals surface area (Å²) in [7, 11) is 0. The molecule has 1 aromatic heterocycles. The van der Waals surface area contributed by atoms with E-state index in [-0.39, 0.29) is 16.1 Å². The molecule has 5 rings (SSSR count).